The number of urea groups is 1. The van der Waals surface area contributed by atoms with Crippen LogP contribution < -0.4 is 10.6 Å². The Balaban J connectivity index is 2.05. The Morgan fingerprint density at radius 3 is 2.33 bits per heavy atom. The van der Waals surface area contributed by atoms with Gasteiger partial charge in [-0.25, -0.2) is 9.59 Å². The highest BCUT2D eigenvalue weighted by atomic mass is 35.5. The number of hydrogen-bond donors (Lipinski definition) is 3. The highest BCUT2D eigenvalue weighted by Gasteiger charge is 2.23. The molecule has 1 aromatic carbocycles. The van der Waals surface area contributed by atoms with Crippen molar-refractivity contribution in [1.82, 2.24) is 5.32 Å². The van der Waals surface area contributed by atoms with Crippen LogP contribution in [0.25, 0.3) is 0 Å². The predicted molar refractivity (Wildman–Crippen MR) is 82.4 cm³/mol. The van der Waals surface area contributed by atoms with Gasteiger partial charge in [-0.1, -0.05) is 30.1 Å². The van der Waals surface area contributed by atoms with Gasteiger partial charge in [0.1, 0.15) is 0 Å². The Hall–Kier alpha value is -1.46. The molecule has 7 heteroatoms. The van der Waals surface area contributed by atoms with Crippen molar-refractivity contribution in [2.45, 2.75) is 32.2 Å². The summed E-state index contributed by atoms with van der Waals surface area (Å²) < 4.78 is 0. The van der Waals surface area contributed by atoms with Gasteiger partial charge in [-0.15, -0.1) is 0 Å². The number of carbonyl (C=O) groups excluding carboxylic acids is 1. The van der Waals surface area contributed by atoms with Gasteiger partial charge in [0.15, 0.2) is 0 Å². The molecule has 1 fully saturated rings. The summed E-state index contributed by atoms with van der Waals surface area (Å²) in [5.74, 6) is -0.521. The van der Waals surface area contributed by atoms with Gasteiger partial charge >= 0.3 is 12.0 Å². The van der Waals surface area contributed by atoms with Crippen molar-refractivity contribution >= 4 is 40.9 Å². The number of carbonyl (C=O) groups is 2. The first-order chi connectivity index (χ1) is 9.86. The monoisotopic (exact) mass is 330 g/mol. The van der Waals surface area contributed by atoms with E-state index in [1.54, 1.807) is 0 Å². The Kier molecular flexibility index (Phi) is 4.96. The zero-order valence-electron chi connectivity index (χ0n) is 11.5. The molecule has 0 saturated heterocycles. The lowest BCUT2D eigenvalue weighted by atomic mass is 10.1. The lowest BCUT2D eigenvalue weighted by molar-refractivity contribution is 0.0697. The minimum atomic E-state index is -1.13. The summed E-state index contributed by atoms with van der Waals surface area (Å²) in [7, 11) is 0. The number of halogens is 2. The number of nitrogens with one attached hydrogen (secondary N) is 2. The molecule has 1 aromatic rings. The van der Waals surface area contributed by atoms with Crippen LogP contribution in [-0.2, 0) is 0 Å². The normalized spacial score (nSPS) is 21.1. The summed E-state index contributed by atoms with van der Waals surface area (Å²) in [4.78, 5) is 22.8. The summed E-state index contributed by atoms with van der Waals surface area (Å²) in [6.07, 6.45) is 3.00. The fraction of sp³-hybridized carbons (Fsp3) is 0.429. The largest absolute Gasteiger partial charge is 0.478 e. The van der Waals surface area contributed by atoms with Crippen LogP contribution in [0.4, 0.5) is 10.5 Å². The molecule has 1 aliphatic rings. The number of amides is 2. The summed E-state index contributed by atoms with van der Waals surface area (Å²) >= 11 is 11.9. The summed E-state index contributed by atoms with van der Waals surface area (Å²) in [6, 6.07) is 2.27. The number of carboxylic acid groups (broad SMARTS) is 1. The second-order valence-electron chi connectivity index (χ2n) is 5.33. The second kappa shape index (κ2) is 6.54. The highest BCUT2D eigenvalue weighted by molar-refractivity contribution is 6.40. The first kappa shape index (κ1) is 15.9. The smallest absolute Gasteiger partial charge is 0.335 e. The maximum absolute atomic E-state index is 11.9. The highest BCUT2D eigenvalue weighted by Crippen LogP contribution is 2.32. The SMILES string of the molecule is CC1CCC(NC(=O)Nc2c(Cl)cc(C(=O)O)cc2Cl)C1. The van der Waals surface area contributed by atoms with Crippen molar-refractivity contribution in [3.05, 3.63) is 27.7 Å². The van der Waals surface area contributed by atoms with E-state index in [-0.39, 0.29) is 33.4 Å². The molecule has 5 nitrogen and oxygen atoms in total. The van der Waals surface area contributed by atoms with Gasteiger partial charge in [0, 0.05) is 6.04 Å². The minimum Gasteiger partial charge on any atom is -0.478 e. The van der Waals surface area contributed by atoms with E-state index >= 15 is 0 Å². The third-order valence-electron chi connectivity index (χ3n) is 3.56. The number of aromatic carboxylic acids is 1. The third kappa shape index (κ3) is 4.02. The standard InChI is InChI=1S/C14H16Cl2N2O3/c1-7-2-3-9(4-7)17-14(21)18-12-10(15)5-8(13(19)20)6-11(12)16/h5-7,9H,2-4H2,1H3,(H,19,20)(H2,17,18,21). The van der Waals surface area contributed by atoms with Crippen LogP contribution in [0.1, 0.15) is 36.5 Å². The van der Waals surface area contributed by atoms with Gasteiger partial charge in [-0.05, 0) is 37.3 Å². The fourth-order valence-corrected chi connectivity index (χ4v) is 3.07. The van der Waals surface area contributed by atoms with E-state index < -0.39 is 5.97 Å². The first-order valence-corrected chi connectivity index (χ1v) is 7.42. The molecule has 2 amide bonds. The van der Waals surface area contributed by atoms with E-state index in [1.807, 2.05) is 0 Å². The zero-order valence-corrected chi connectivity index (χ0v) is 13.0. The van der Waals surface area contributed by atoms with Crippen molar-refractivity contribution in [2.24, 2.45) is 5.92 Å². The zero-order chi connectivity index (χ0) is 15.6. The molecular formula is C14H16Cl2N2O3. The molecule has 1 aliphatic carbocycles. The van der Waals surface area contributed by atoms with E-state index in [1.165, 1.54) is 12.1 Å². The van der Waals surface area contributed by atoms with Crippen LogP contribution in [0.3, 0.4) is 0 Å². The Labute approximate surface area is 132 Å². The van der Waals surface area contributed by atoms with Gasteiger partial charge in [0.25, 0.3) is 0 Å². The summed E-state index contributed by atoms with van der Waals surface area (Å²) in [5, 5.41) is 14.5. The third-order valence-corrected chi connectivity index (χ3v) is 4.15. The van der Waals surface area contributed by atoms with Crippen molar-refractivity contribution in [2.75, 3.05) is 5.32 Å². The number of carboxylic acids is 1. The summed E-state index contributed by atoms with van der Waals surface area (Å²) in [6.45, 7) is 2.15. The number of hydrogen-bond acceptors (Lipinski definition) is 2. The predicted octanol–water partition coefficient (Wildman–Crippen LogP) is 4.00. The average molecular weight is 331 g/mol. The molecule has 2 atom stereocenters. The Morgan fingerprint density at radius 2 is 1.86 bits per heavy atom. The van der Waals surface area contributed by atoms with E-state index in [0.717, 1.165) is 19.3 Å². The van der Waals surface area contributed by atoms with Gasteiger partial charge < -0.3 is 15.7 Å². The van der Waals surface area contributed by atoms with Crippen molar-refractivity contribution in [3.8, 4) is 0 Å². The fourth-order valence-electron chi connectivity index (χ4n) is 2.49. The number of anilines is 1. The molecule has 0 spiro atoms. The van der Waals surface area contributed by atoms with Gasteiger partial charge in [-0.2, -0.15) is 0 Å². The van der Waals surface area contributed by atoms with E-state index in [0.29, 0.717) is 5.92 Å². The van der Waals surface area contributed by atoms with Gasteiger partial charge in [-0.3, -0.25) is 0 Å². The maximum Gasteiger partial charge on any atom is 0.335 e. The van der Waals surface area contributed by atoms with Crippen LogP contribution in [-0.4, -0.2) is 23.1 Å². The number of rotatable bonds is 3. The van der Waals surface area contributed by atoms with Crippen LogP contribution in [0.2, 0.25) is 10.0 Å². The average Bonchev–Trinajstić information content (AvgIpc) is 2.78. The molecule has 1 saturated carbocycles. The molecule has 0 heterocycles. The Bertz CT molecular complexity index is 554. The molecule has 2 unspecified atom stereocenters. The molecule has 3 N–H and O–H groups in total. The van der Waals surface area contributed by atoms with Crippen LogP contribution in [0, 0.1) is 5.92 Å². The van der Waals surface area contributed by atoms with E-state index in [2.05, 4.69) is 17.6 Å². The van der Waals surface area contributed by atoms with E-state index in [4.69, 9.17) is 28.3 Å². The molecule has 0 aliphatic heterocycles. The molecule has 114 valence electrons. The van der Waals surface area contributed by atoms with Crippen molar-refractivity contribution in [1.29, 1.82) is 0 Å². The topological polar surface area (TPSA) is 78.4 Å². The Morgan fingerprint density at radius 1 is 1.24 bits per heavy atom. The van der Waals surface area contributed by atoms with Gasteiger partial charge in [0.05, 0.1) is 21.3 Å². The quantitative estimate of drug-likeness (QED) is 0.783. The van der Waals surface area contributed by atoms with Crippen molar-refractivity contribution in [3.63, 3.8) is 0 Å². The minimum absolute atomic E-state index is 0.0272. The van der Waals surface area contributed by atoms with Crippen LogP contribution >= 0.6 is 23.2 Å². The first-order valence-electron chi connectivity index (χ1n) is 6.66. The molecule has 0 radical (unpaired) electrons. The molecular weight excluding hydrogens is 315 g/mol. The van der Waals surface area contributed by atoms with E-state index in [9.17, 15) is 9.59 Å². The lowest BCUT2D eigenvalue weighted by Gasteiger charge is -2.15. The molecule has 0 aromatic heterocycles. The lowest BCUT2D eigenvalue weighted by Crippen LogP contribution is -2.36. The molecule has 21 heavy (non-hydrogen) atoms. The summed E-state index contributed by atoms with van der Waals surface area (Å²) in [5.41, 5.74) is 0.187. The van der Waals surface area contributed by atoms with Crippen LogP contribution in [0.5, 0.6) is 0 Å². The maximum atomic E-state index is 11.9. The number of benzene rings is 1. The van der Waals surface area contributed by atoms with Crippen LogP contribution in [0.15, 0.2) is 12.1 Å². The van der Waals surface area contributed by atoms with Crippen molar-refractivity contribution < 1.29 is 14.7 Å². The second-order valence-corrected chi connectivity index (χ2v) is 6.15. The molecule has 0 bridgehead atoms. The molecule has 2 rings (SSSR count). The van der Waals surface area contributed by atoms with Gasteiger partial charge in [0.2, 0.25) is 0 Å².